The lowest BCUT2D eigenvalue weighted by molar-refractivity contribution is -0.123. The molecule has 0 atom stereocenters. The summed E-state index contributed by atoms with van der Waals surface area (Å²) in [7, 11) is 0. The minimum Gasteiger partial charge on any atom is -0.484 e. The van der Waals surface area contributed by atoms with Gasteiger partial charge < -0.3 is 15.8 Å². The van der Waals surface area contributed by atoms with Crippen LogP contribution in [-0.2, 0) is 11.2 Å². The van der Waals surface area contributed by atoms with Crippen LogP contribution in [0.3, 0.4) is 0 Å². The molecule has 0 bridgehead atoms. The molecule has 0 fully saturated rings. The van der Waals surface area contributed by atoms with Crippen molar-refractivity contribution in [2.45, 2.75) is 26.2 Å². The Balaban J connectivity index is 2.24. The molecule has 0 saturated carbocycles. The van der Waals surface area contributed by atoms with Crippen molar-refractivity contribution in [3.63, 3.8) is 0 Å². The van der Waals surface area contributed by atoms with Crippen LogP contribution in [0.4, 0.5) is 0 Å². The van der Waals surface area contributed by atoms with Gasteiger partial charge in [-0.15, -0.1) is 0 Å². The highest BCUT2D eigenvalue weighted by atomic mass is 16.5. The standard InChI is InChI=1S/C14H22N2O2/c1-2-12-6-5-7-13(10-12)18-11-14(17)16-9-4-3-8-15/h5-7,10H,2-4,8-9,11,15H2,1H3,(H,16,17). The topological polar surface area (TPSA) is 64.3 Å². The van der Waals surface area contributed by atoms with E-state index in [2.05, 4.69) is 12.2 Å². The largest absolute Gasteiger partial charge is 0.484 e. The number of benzene rings is 1. The van der Waals surface area contributed by atoms with Crippen molar-refractivity contribution in [2.24, 2.45) is 5.73 Å². The number of carbonyl (C=O) groups excluding carboxylic acids is 1. The molecule has 18 heavy (non-hydrogen) atoms. The van der Waals surface area contributed by atoms with Gasteiger partial charge in [-0.3, -0.25) is 4.79 Å². The molecule has 1 rings (SSSR count). The second-order valence-electron chi connectivity index (χ2n) is 4.14. The second-order valence-corrected chi connectivity index (χ2v) is 4.14. The highest BCUT2D eigenvalue weighted by Crippen LogP contribution is 2.13. The van der Waals surface area contributed by atoms with E-state index in [1.165, 1.54) is 5.56 Å². The van der Waals surface area contributed by atoms with E-state index in [0.29, 0.717) is 13.1 Å². The summed E-state index contributed by atoms with van der Waals surface area (Å²) in [6.45, 7) is 3.48. The number of ether oxygens (including phenoxy) is 1. The fourth-order valence-corrected chi connectivity index (χ4v) is 1.55. The molecule has 0 saturated heterocycles. The first-order valence-corrected chi connectivity index (χ1v) is 6.44. The maximum atomic E-state index is 11.5. The zero-order valence-electron chi connectivity index (χ0n) is 10.9. The van der Waals surface area contributed by atoms with Gasteiger partial charge in [0.25, 0.3) is 5.91 Å². The summed E-state index contributed by atoms with van der Waals surface area (Å²) in [5, 5.41) is 2.80. The van der Waals surface area contributed by atoms with E-state index in [1.54, 1.807) is 0 Å². The van der Waals surface area contributed by atoms with Crippen molar-refractivity contribution < 1.29 is 9.53 Å². The highest BCUT2D eigenvalue weighted by Gasteiger charge is 2.02. The normalized spacial score (nSPS) is 10.1. The van der Waals surface area contributed by atoms with Gasteiger partial charge in [-0.25, -0.2) is 0 Å². The van der Waals surface area contributed by atoms with Crippen LogP contribution in [0.1, 0.15) is 25.3 Å². The zero-order chi connectivity index (χ0) is 13.2. The van der Waals surface area contributed by atoms with Crippen LogP contribution in [-0.4, -0.2) is 25.6 Å². The molecule has 1 amide bonds. The minimum atomic E-state index is -0.0890. The van der Waals surface area contributed by atoms with Crippen molar-refractivity contribution in [3.8, 4) is 5.75 Å². The van der Waals surface area contributed by atoms with E-state index in [-0.39, 0.29) is 12.5 Å². The Hall–Kier alpha value is -1.55. The molecule has 0 heterocycles. The summed E-state index contributed by atoms with van der Waals surface area (Å²) in [6, 6.07) is 7.80. The van der Waals surface area contributed by atoms with Gasteiger partial charge in [-0.1, -0.05) is 19.1 Å². The Bertz CT molecular complexity index is 367. The van der Waals surface area contributed by atoms with Gasteiger partial charge >= 0.3 is 0 Å². The van der Waals surface area contributed by atoms with Crippen LogP contribution in [0.25, 0.3) is 0 Å². The van der Waals surface area contributed by atoms with Gasteiger partial charge in [0.15, 0.2) is 6.61 Å². The molecule has 0 spiro atoms. The van der Waals surface area contributed by atoms with E-state index in [1.807, 2.05) is 24.3 Å². The quantitative estimate of drug-likeness (QED) is 0.687. The average Bonchev–Trinajstić information content (AvgIpc) is 2.41. The average molecular weight is 250 g/mol. The number of carbonyl (C=O) groups is 1. The molecule has 1 aromatic rings. The van der Waals surface area contributed by atoms with Crippen molar-refractivity contribution in [3.05, 3.63) is 29.8 Å². The molecule has 0 unspecified atom stereocenters. The highest BCUT2D eigenvalue weighted by molar-refractivity contribution is 5.77. The first-order chi connectivity index (χ1) is 8.76. The summed E-state index contributed by atoms with van der Waals surface area (Å²) in [5.41, 5.74) is 6.57. The SMILES string of the molecule is CCc1cccc(OCC(=O)NCCCCN)c1. The molecule has 3 N–H and O–H groups in total. The van der Waals surface area contributed by atoms with Gasteiger partial charge in [0.05, 0.1) is 0 Å². The summed E-state index contributed by atoms with van der Waals surface area (Å²) in [4.78, 5) is 11.5. The van der Waals surface area contributed by atoms with E-state index in [4.69, 9.17) is 10.5 Å². The zero-order valence-corrected chi connectivity index (χ0v) is 10.9. The van der Waals surface area contributed by atoms with E-state index < -0.39 is 0 Å². The van der Waals surface area contributed by atoms with E-state index >= 15 is 0 Å². The van der Waals surface area contributed by atoms with Gasteiger partial charge in [0.1, 0.15) is 5.75 Å². The molecular weight excluding hydrogens is 228 g/mol. The maximum absolute atomic E-state index is 11.5. The van der Waals surface area contributed by atoms with Gasteiger partial charge in [0, 0.05) is 6.54 Å². The number of unbranched alkanes of at least 4 members (excludes halogenated alkanes) is 1. The van der Waals surface area contributed by atoms with Crippen molar-refractivity contribution in [2.75, 3.05) is 19.7 Å². The second kappa shape index (κ2) is 8.53. The van der Waals surface area contributed by atoms with Gasteiger partial charge in [-0.05, 0) is 43.5 Å². The molecule has 0 aliphatic heterocycles. The van der Waals surface area contributed by atoms with Crippen LogP contribution in [0, 0.1) is 0 Å². The molecule has 0 aromatic heterocycles. The number of nitrogens with two attached hydrogens (primary N) is 1. The fraction of sp³-hybridized carbons (Fsp3) is 0.500. The molecule has 100 valence electrons. The number of amides is 1. The first-order valence-electron chi connectivity index (χ1n) is 6.44. The Morgan fingerprint density at radius 2 is 2.22 bits per heavy atom. The first kappa shape index (κ1) is 14.5. The number of nitrogens with one attached hydrogen (secondary N) is 1. The number of hydrogen-bond donors (Lipinski definition) is 2. The predicted octanol–water partition coefficient (Wildman–Crippen LogP) is 1.48. The van der Waals surface area contributed by atoms with Crippen LogP contribution in [0.15, 0.2) is 24.3 Å². The molecule has 4 heteroatoms. The smallest absolute Gasteiger partial charge is 0.257 e. The Kier molecular flexibility index (Phi) is 6.87. The van der Waals surface area contributed by atoms with Crippen LogP contribution >= 0.6 is 0 Å². The van der Waals surface area contributed by atoms with Crippen LogP contribution < -0.4 is 15.8 Å². The Labute approximate surface area is 109 Å². The minimum absolute atomic E-state index is 0.0653. The molecule has 0 aliphatic carbocycles. The Morgan fingerprint density at radius 3 is 2.94 bits per heavy atom. The summed E-state index contributed by atoms with van der Waals surface area (Å²) < 4.78 is 5.43. The monoisotopic (exact) mass is 250 g/mol. The molecule has 0 radical (unpaired) electrons. The van der Waals surface area contributed by atoms with Gasteiger partial charge in [-0.2, -0.15) is 0 Å². The molecule has 1 aromatic carbocycles. The van der Waals surface area contributed by atoms with E-state index in [9.17, 15) is 4.79 Å². The third kappa shape index (κ3) is 5.68. The van der Waals surface area contributed by atoms with E-state index in [0.717, 1.165) is 25.0 Å². The Morgan fingerprint density at radius 1 is 1.39 bits per heavy atom. The third-order valence-corrected chi connectivity index (χ3v) is 2.63. The summed E-state index contributed by atoms with van der Waals surface area (Å²) >= 11 is 0. The van der Waals surface area contributed by atoms with Gasteiger partial charge in [0.2, 0.25) is 0 Å². The lowest BCUT2D eigenvalue weighted by atomic mass is 10.2. The predicted molar refractivity (Wildman–Crippen MR) is 72.6 cm³/mol. The third-order valence-electron chi connectivity index (χ3n) is 2.63. The van der Waals surface area contributed by atoms with Crippen molar-refractivity contribution in [1.82, 2.24) is 5.32 Å². The lowest BCUT2D eigenvalue weighted by Gasteiger charge is -2.08. The summed E-state index contributed by atoms with van der Waals surface area (Å²) in [5.74, 6) is 0.653. The number of aryl methyl sites for hydroxylation is 1. The summed E-state index contributed by atoms with van der Waals surface area (Å²) in [6.07, 6.45) is 2.80. The lowest BCUT2D eigenvalue weighted by Crippen LogP contribution is -2.29. The maximum Gasteiger partial charge on any atom is 0.257 e. The number of hydrogen-bond acceptors (Lipinski definition) is 3. The molecular formula is C14H22N2O2. The molecule has 4 nitrogen and oxygen atoms in total. The fourth-order valence-electron chi connectivity index (χ4n) is 1.55. The van der Waals surface area contributed by atoms with Crippen LogP contribution in [0.2, 0.25) is 0 Å². The van der Waals surface area contributed by atoms with Crippen molar-refractivity contribution in [1.29, 1.82) is 0 Å². The molecule has 0 aliphatic rings. The van der Waals surface area contributed by atoms with Crippen molar-refractivity contribution >= 4 is 5.91 Å². The number of rotatable bonds is 8. The van der Waals surface area contributed by atoms with Crippen LogP contribution in [0.5, 0.6) is 5.75 Å².